The number of hydrogen-bond acceptors (Lipinski definition) is 4. The van der Waals surface area contributed by atoms with Crippen molar-refractivity contribution in [3.05, 3.63) is 29.6 Å². The van der Waals surface area contributed by atoms with E-state index in [2.05, 4.69) is 22.1 Å². The van der Waals surface area contributed by atoms with Crippen molar-refractivity contribution in [1.82, 2.24) is 10.3 Å². The molecule has 0 bridgehead atoms. The summed E-state index contributed by atoms with van der Waals surface area (Å²) < 4.78 is 0. The van der Waals surface area contributed by atoms with Crippen LogP contribution in [0.15, 0.2) is 18.3 Å². The summed E-state index contributed by atoms with van der Waals surface area (Å²) in [7, 11) is 0. The van der Waals surface area contributed by atoms with Gasteiger partial charge in [-0.25, -0.2) is 4.98 Å². The maximum Gasteiger partial charge on any atom is 0.270 e. The Morgan fingerprint density at radius 2 is 2.11 bits per heavy atom. The van der Waals surface area contributed by atoms with Gasteiger partial charge in [0, 0.05) is 11.8 Å². The van der Waals surface area contributed by atoms with Crippen molar-refractivity contribution in [3.8, 4) is 11.8 Å². The molecule has 1 aromatic heterocycles. The summed E-state index contributed by atoms with van der Waals surface area (Å²) in [5, 5.41) is 2.50. The minimum Gasteiger partial charge on any atom is -0.368 e. The molecule has 0 radical (unpaired) electrons. The first-order valence-electron chi connectivity index (χ1n) is 5.64. The maximum absolute atomic E-state index is 11.9. The molecular formula is C13H16N4O2. The number of carbonyl (C=O) groups excluding carboxylic acids is 2. The van der Waals surface area contributed by atoms with Crippen LogP contribution in [0, 0.1) is 11.8 Å². The summed E-state index contributed by atoms with van der Waals surface area (Å²) in [6.45, 7) is 3.30. The minimum absolute atomic E-state index is 0.188. The van der Waals surface area contributed by atoms with E-state index in [1.165, 1.54) is 26.1 Å². The van der Waals surface area contributed by atoms with Crippen LogP contribution < -0.4 is 16.8 Å². The zero-order chi connectivity index (χ0) is 14.5. The molecule has 0 saturated heterocycles. The summed E-state index contributed by atoms with van der Waals surface area (Å²) >= 11 is 0. The van der Waals surface area contributed by atoms with Crippen molar-refractivity contribution in [2.24, 2.45) is 11.5 Å². The first-order valence-corrected chi connectivity index (χ1v) is 5.64. The fraction of sp³-hybridized carbons (Fsp3) is 0.308. The standard InChI is InChI=1S/C13H16N4O2/c1-13(2,12(15)19)17-11(18)10-6-5-9(8-16-10)4-3-7-14/h5-6,8H,7,14H2,1-2H3,(H2,15,19)(H,17,18). The van der Waals surface area contributed by atoms with E-state index in [-0.39, 0.29) is 12.2 Å². The second-order valence-electron chi connectivity index (χ2n) is 4.38. The summed E-state index contributed by atoms with van der Waals surface area (Å²) in [4.78, 5) is 26.9. The highest BCUT2D eigenvalue weighted by Gasteiger charge is 2.27. The van der Waals surface area contributed by atoms with Crippen LogP contribution in [0.4, 0.5) is 0 Å². The molecule has 0 fully saturated rings. The molecule has 1 rings (SSSR count). The normalized spacial score (nSPS) is 10.3. The zero-order valence-corrected chi connectivity index (χ0v) is 10.9. The number of hydrogen-bond donors (Lipinski definition) is 3. The molecule has 0 aromatic carbocycles. The van der Waals surface area contributed by atoms with Crippen molar-refractivity contribution in [1.29, 1.82) is 0 Å². The molecule has 1 heterocycles. The molecule has 19 heavy (non-hydrogen) atoms. The SMILES string of the molecule is CC(C)(NC(=O)c1ccc(C#CCN)cn1)C(N)=O. The van der Waals surface area contributed by atoms with E-state index in [4.69, 9.17) is 11.5 Å². The Hall–Kier alpha value is -2.39. The number of nitrogens with one attached hydrogen (secondary N) is 1. The summed E-state index contributed by atoms with van der Waals surface area (Å²) in [5.41, 5.74) is 10.1. The molecule has 0 spiro atoms. The van der Waals surface area contributed by atoms with Crippen LogP contribution in [0.1, 0.15) is 29.9 Å². The number of nitrogens with two attached hydrogens (primary N) is 2. The molecule has 5 N–H and O–H groups in total. The van der Waals surface area contributed by atoms with Crippen LogP contribution in [0.2, 0.25) is 0 Å². The molecule has 0 saturated carbocycles. The number of primary amides is 1. The second-order valence-corrected chi connectivity index (χ2v) is 4.38. The van der Waals surface area contributed by atoms with Gasteiger partial charge in [0.25, 0.3) is 5.91 Å². The Morgan fingerprint density at radius 3 is 2.58 bits per heavy atom. The predicted molar refractivity (Wildman–Crippen MR) is 70.9 cm³/mol. The van der Waals surface area contributed by atoms with Crippen LogP contribution in [0.5, 0.6) is 0 Å². The highest BCUT2D eigenvalue weighted by atomic mass is 16.2. The molecule has 0 aliphatic carbocycles. The van der Waals surface area contributed by atoms with Gasteiger partial charge in [-0.05, 0) is 26.0 Å². The molecule has 1 aromatic rings. The van der Waals surface area contributed by atoms with Gasteiger partial charge >= 0.3 is 0 Å². The Balaban J connectivity index is 2.82. The van der Waals surface area contributed by atoms with E-state index < -0.39 is 17.4 Å². The third-order valence-corrected chi connectivity index (χ3v) is 2.37. The fourth-order valence-electron chi connectivity index (χ4n) is 1.16. The highest BCUT2D eigenvalue weighted by Crippen LogP contribution is 2.04. The van der Waals surface area contributed by atoms with E-state index in [9.17, 15) is 9.59 Å². The van der Waals surface area contributed by atoms with Crippen molar-refractivity contribution < 1.29 is 9.59 Å². The molecule has 0 atom stereocenters. The zero-order valence-electron chi connectivity index (χ0n) is 10.9. The summed E-state index contributed by atoms with van der Waals surface area (Å²) in [5.74, 6) is 4.39. The van der Waals surface area contributed by atoms with Crippen LogP contribution >= 0.6 is 0 Å². The number of amides is 2. The third kappa shape index (κ3) is 4.08. The number of nitrogens with zero attached hydrogens (tertiary/aromatic N) is 1. The molecule has 0 unspecified atom stereocenters. The molecule has 6 heteroatoms. The molecule has 6 nitrogen and oxygen atoms in total. The molecular weight excluding hydrogens is 244 g/mol. The van der Waals surface area contributed by atoms with E-state index in [0.717, 1.165) is 0 Å². The van der Waals surface area contributed by atoms with Crippen LogP contribution in [0.3, 0.4) is 0 Å². The Kier molecular flexibility index (Phi) is 4.62. The maximum atomic E-state index is 11.9. The van der Waals surface area contributed by atoms with Gasteiger partial charge in [0.15, 0.2) is 0 Å². The van der Waals surface area contributed by atoms with Gasteiger partial charge in [-0.2, -0.15) is 0 Å². The highest BCUT2D eigenvalue weighted by molar-refractivity contribution is 5.97. The Morgan fingerprint density at radius 1 is 1.42 bits per heavy atom. The van der Waals surface area contributed by atoms with Crippen LogP contribution in [-0.4, -0.2) is 28.9 Å². The quantitative estimate of drug-likeness (QED) is 0.629. The van der Waals surface area contributed by atoms with Crippen molar-refractivity contribution >= 4 is 11.8 Å². The van der Waals surface area contributed by atoms with Gasteiger partial charge in [0.05, 0.1) is 6.54 Å². The summed E-state index contributed by atoms with van der Waals surface area (Å²) in [6.07, 6.45) is 1.47. The molecule has 0 aliphatic heterocycles. The van der Waals surface area contributed by atoms with Gasteiger partial charge in [-0.1, -0.05) is 11.8 Å². The second kappa shape index (κ2) is 5.98. The topological polar surface area (TPSA) is 111 Å². The lowest BCUT2D eigenvalue weighted by molar-refractivity contribution is -0.122. The van der Waals surface area contributed by atoms with E-state index in [1.807, 2.05) is 0 Å². The average molecular weight is 260 g/mol. The first kappa shape index (κ1) is 14.7. The number of carbonyl (C=O) groups is 2. The molecule has 0 aliphatic rings. The number of pyridine rings is 1. The van der Waals surface area contributed by atoms with E-state index >= 15 is 0 Å². The number of rotatable bonds is 3. The fourth-order valence-corrected chi connectivity index (χ4v) is 1.16. The lowest BCUT2D eigenvalue weighted by atomic mass is 10.0. The Labute approximate surface area is 111 Å². The van der Waals surface area contributed by atoms with Gasteiger partial charge < -0.3 is 16.8 Å². The van der Waals surface area contributed by atoms with Crippen molar-refractivity contribution in [2.75, 3.05) is 6.54 Å². The minimum atomic E-state index is -1.13. The van der Waals surface area contributed by atoms with E-state index in [1.54, 1.807) is 6.07 Å². The smallest absolute Gasteiger partial charge is 0.270 e. The average Bonchev–Trinajstić information content (AvgIpc) is 2.36. The van der Waals surface area contributed by atoms with Gasteiger partial charge in [-0.15, -0.1) is 0 Å². The molecule has 100 valence electrons. The lowest BCUT2D eigenvalue weighted by Gasteiger charge is -2.21. The van der Waals surface area contributed by atoms with Gasteiger partial charge in [0.2, 0.25) is 5.91 Å². The van der Waals surface area contributed by atoms with Crippen LogP contribution in [0.25, 0.3) is 0 Å². The number of aromatic nitrogens is 1. The first-order chi connectivity index (χ1) is 8.86. The van der Waals surface area contributed by atoms with Crippen molar-refractivity contribution in [3.63, 3.8) is 0 Å². The largest absolute Gasteiger partial charge is 0.368 e. The Bertz CT molecular complexity index is 538. The third-order valence-electron chi connectivity index (χ3n) is 2.37. The van der Waals surface area contributed by atoms with Crippen molar-refractivity contribution in [2.45, 2.75) is 19.4 Å². The monoisotopic (exact) mass is 260 g/mol. The summed E-state index contributed by atoms with van der Waals surface area (Å²) in [6, 6.07) is 3.18. The lowest BCUT2D eigenvalue weighted by Crippen LogP contribution is -2.53. The van der Waals surface area contributed by atoms with E-state index in [0.29, 0.717) is 5.56 Å². The predicted octanol–water partition coefficient (Wildman–Crippen LogP) is -0.614. The van der Waals surface area contributed by atoms with Gasteiger partial charge in [-0.3, -0.25) is 9.59 Å². The van der Waals surface area contributed by atoms with Crippen LogP contribution in [-0.2, 0) is 4.79 Å². The molecule has 2 amide bonds. The van der Waals surface area contributed by atoms with Gasteiger partial charge in [0.1, 0.15) is 11.2 Å².